The summed E-state index contributed by atoms with van der Waals surface area (Å²) >= 11 is 6.85. The summed E-state index contributed by atoms with van der Waals surface area (Å²) in [5.41, 5.74) is 1.12. The third-order valence-corrected chi connectivity index (χ3v) is 12.6. The summed E-state index contributed by atoms with van der Waals surface area (Å²) in [5, 5.41) is 2.54. The van der Waals surface area contributed by atoms with Crippen LogP contribution in [0.4, 0.5) is 0 Å². The lowest BCUT2D eigenvalue weighted by molar-refractivity contribution is -0.0726. The minimum atomic E-state index is -2.56. The summed E-state index contributed by atoms with van der Waals surface area (Å²) in [4.78, 5) is 0. The summed E-state index contributed by atoms with van der Waals surface area (Å²) in [7, 11) is -0.808. The van der Waals surface area contributed by atoms with Gasteiger partial charge in [-0.2, -0.15) is 0 Å². The first-order chi connectivity index (χ1) is 17.7. The van der Waals surface area contributed by atoms with E-state index < -0.39 is 8.32 Å². The number of benzene rings is 2. The van der Waals surface area contributed by atoms with Gasteiger partial charge in [-0.15, -0.1) is 0 Å². The molecule has 0 N–H and O–H groups in total. The smallest absolute Gasteiger partial charge is 0.261 e. The van der Waals surface area contributed by atoms with Crippen molar-refractivity contribution in [2.24, 2.45) is 0 Å². The molecule has 0 bridgehead atoms. The molecule has 0 saturated heterocycles. The van der Waals surface area contributed by atoms with Gasteiger partial charge in [-0.25, -0.2) is 0 Å². The molecule has 3 unspecified atom stereocenters. The van der Waals surface area contributed by atoms with Crippen molar-refractivity contribution in [3.05, 3.63) is 94.4 Å². The van der Waals surface area contributed by atoms with E-state index in [1.165, 1.54) is 10.4 Å². The van der Waals surface area contributed by atoms with Gasteiger partial charge in [-0.05, 0) is 73.0 Å². The number of hydrogen-bond acceptors (Lipinski definition) is 3. The molecule has 0 aromatic heterocycles. The minimum Gasteiger partial charge on any atom is -0.403 e. The second-order valence-electron chi connectivity index (χ2n) is 10.6. The molecule has 2 aromatic rings. The van der Waals surface area contributed by atoms with E-state index in [-0.39, 0.29) is 23.4 Å². The Kier molecular flexibility index (Phi) is 11.6. The van der Waals surface area contributed by atoms with Crippen LogP contribution in [0.15, 0.2) is 94.4 Å². The summed E-state index contributed by atoms with van der Waals surface area (Å²) < 4.78 is 20.0. The Morgan fingerprint density at radius 3 is 2.11 bits per heavy atom. The molecule has 0 saturated carbocycles. The first-order valence-electron chi connectivity index (χ1n) is 13.0. The predicted molar refractivity (Wildman–Crippen MR) is 166 cm³/mol. The molecule has 2 aromatic carbocycles. The van der Waals surface area contributed by atoms with Crippen LogP contribution in [0.5, 0.6) is 0 Å². The summed E-state index contributed by atoms with van der Waals surface area (Å²) in [6.07, 6.45) is 9.98. The lowest BCUT2D eigenvalue weighted by atomic mass is 10.0. The van der Waals surface area contributed by atoms with Crippen LogP contribution in [-0.2, 0) is 13.9 Å². The van der Waals surface area contributed by atoms with Gasteiger partial charge in [-0.1, -0.05) is 112 Å². The molecular weight excluding hydrogens is 608 g/mol. The maximum absolute atomic E-state index is 7.04. The Labute approximate surface area is 241 Å². The van der Waals surface area contributed by atoms with Crippen molar-refractivity contribution in [3.63, 3.8) is 0 Å². The van der Waals surface area contributed by atoms with E-state index in [4.69, 9.17) is 13.9 Å². The van der Waals surface area contributed by atoms with Gasteiger partial charge in [0.15, 0.2) is 0 Å². The van der Waals surface area contributed by atoms with Crippen LogP contribution in [0.1, 0.15) is 46.5 Å². The number of rotatable bonds is 12. The molecule has 37 heavy (non-hydrogen) atoms. The highest BCUT2D eigenvalue weighted by molar-refractivity contribution is 9.28. The third-order valence-electron chi connectivity index (χ3n) is 6.94. The van der Waals surface area contributed by atoms with Gasteiger partial charge in [-0.3, -0.25) is 0 Å². The molecule has 0 fully saturated rings. The van der Waals surface area contributed by atoms with Crippen LogP contribution in [0, 0.1) is 0 Å². The van der Waals surface area contributed by atoms with E-state index in [9.17, 15) is 0 Å². The average molecular weight is 649 g/mol. The highest BCUT2D eigenvalue weighted by Crippen LogP contribution is 2.37. The van der Waals surface area contributed by atoms with Crippen molar-refractivity contribution in [1.29, 1.82) is 0 Å². The molecule has 1 aliphatic rings. The molecule has 3 rings (SSSR count). The molecule has 1 aliphatic heterocycles. The van der Waals surface area contributed by atoms with Crippen LogP contribution < -0.4 is 10.4 Å². The molecule has 3 atom stereocenters. The normalized spacial score (nSPS) is 20.0. The van der Waals surface area contributed by atoms with Crippen LogP contribution in [-0.4, -0.2) is 40.3 Å². The fourth-order valence-electron chi connectivity index (χ4n) is 5.10. The van der Waals surface area contributed by atoms with Gasteiger partial charge < -0.3 is 13.9 Å². The number of ether oxygens (including phenoxy) is 2. The standard InChI is InChI=1S/C31H40Br2O3Si/c1-24(13-12-18-29-28(34-5)21-19-25(36-29)20-22-30(32)33)23-35-37(31(2,3)4,26-14-8-6-9-15-26)27-16-10-7-11-17-27/h6-11,14-17,19,21-22,25,28-29H,1,12-13,18,20,23H2,2-5H3. The van der Waals surface area contributed by atoms with Crippen molar-refractivity contribution in [2.75, 3.05) is 13.7 Å². The quantitative estimate of drug-likeness (QED) is 0.175. The van der Waals surface area contributed by atoms with Gasteiger partial charge in [0.1, 0.15) is 6.10 Å². The predicted octanol–water partition coefficient (Wildman–Crippen LogP) is 7.65. The number of methoxy groups -OCH3 is 1. The van der Waals surface area contributed by atoms with Crippen molar-refractivity contribution in [2.45, 2.75) is 69.8 Å². The van der Waals surface area contributed by atoms with E-state index in [1.54, 1.807) is 7.11 Å². The fourth-order valence-corrected chi connectivity index (χ4v) is 10.1. The molecule has 0 radical (unpaired) electrons. The van der Waals surface area contributed by atoms with Crippen molar-refractivity contribution in [3.8, 4) is 0 Å². The van der Waals surface area contributed by atoms with Crippen LogP contribution in [0.3, 0.4) is 0 Å². The van der Waals surface area contributed by atoms with Crippen LogP contribution >= 0.6 is 31.9 Å². The Hall–Kier alpha value is -1.28. The first-order valence-corrected chi connectivity index (χ1v) is 16.5. The van der Waals surface area contributed by atoms with Crippen molar-refractivity contribution >= 4 is 50.6 Å². The Bertz CT molecular complexity index is 1000. The van der Waals surface area contributed by atoms with E-state index >= 15 is 0 Å². The van der Waals surface area contributed by atoms with Crippen LogP contribution in [0.25, 0.3) is 0 Å². The van der Waals surface area contributed by atoms with E-state index in [2.05, 4.69) is 138 Å². The Balaban J connectivity index is 1.66. The maximum atomic E-state index is 7.04. The summed E-state index contributed by atoms with van der Waals surface area (Å²) in [5.74, 6) is 0. The highest BCUT2D eigenvalue weighted by Gasteiger charge is 2.50. The van der Waals surface area contributed by atoms with Crippen LogP contribution in [0.2, 0.25) is 5.04 Å². The molecule has 1 heterocycles. The number of hydrogen-bond donors (Lipinski definition) is 0. The van der Waals surface area contributed by atoms with Gasteiger partial charge in [0.25, 0.3) is 8.32 Å². The lowest BCUT2D eigenvalue weighted by Crippen LogP contribution is -2.66. The molecule has 0 amide bonds. The molecule has 0 aliphatic carbocycles. The topological polar surface area (TPSA) is 27.7 Å². The molecule has 0 spiro atoms. The van der Waals surface area contributed by atoms with Gasteiger partial charge in [0, 0.05) is 7.11 Å². The zero-order valence-corrected chi connectivity index (χ0v) is 26.6. The molecule has 200 valence electrons. The largest absolute Gasteiger partial charge is 0.403 e. The molecule has 6 heteroatoms. The van der Waals surface area contributed by atoms with Gasteiger partial charge in [0.2, 0.25) is 0 Å². The highest BCUT2D eigenvalue weighted by atomic mass is 79.9. The van der Waals surface area contributed by atoms with E-state index in [0.717, 1.165) is 34.6 Å². The molecule has 3 nitrogen and oxygen atoms in total. The Morgan fingerprint density at radius 1 is 1.00 bits per heavy atom. The zero-order chi connectivity index (χ0) is 26.9. The number of halogens is 2. The van der Waals surface area contributed by atoms with Gasteiger partial charge >= 0.3 is 0 Å². The average Bonchev–Trinajstić information content (AvgIpc) is 2.88. The van der Waals surface area contributed by atoms with Crippen molar-refractivity contribution < 1.29 is 13.9 Å². The second kappa shape index (κ2) is 14.2. The van der Waals surface area contributed by atoms with Crippen molar-refractivity contribution in [1.82, 2.24) is 0 Å². The summed E-state index contributed by atoms with van der Waals surface area (Å²) in [6, 6.07) is 21.5. The summed E-state index contributed by atoms with van der Waals surface area (Å²) in [6.45, 7) is 11.9. The molecular formula is C31H40Br2O3Si. The monoisotopic (exact) mass is 646 g/mol. The SMILES string of the molecule is C=C(CCCC1OC(CC=C(Br)Br)C=CC1OC)CO[Si](c1ccccc1)(c1ccccc1)C(C)(C)C. The lowest BCUT2D eigenvalue weighted by Gasteiger charge is -2.43. The van der Waals surface area contributed by atoms with E-state index in [1.807, 2.05) is 0 Å². The van der Waals surface area contributed by atoms with E-state index in [0.29, 0.717) is 6.61 Å². The zero-order valence-electron chi connectivity index (χ0n) is 22.5. The second-order valence-corrected chi connectivity index (χ2v) is 17.7. The third kappa shape index (κ3) is 8.10. The fraction of sp³-hybridized carbons (Fsp3) is 0.419. The minimum absolute atomic E-state index is 0.0192. The first kappa shape index (κ1) is 30.3. The maximum Gasteiger partial charge on any atom is 0.261 e. The Morgan fingerprint density at radius 2 is 1.59 bits per heavy atom. The van der Waals surface area contributed by atoms with Gasteiger partial charge in [0.05, 0.1) is 22.2 Å².